The van der Waals surface area contributed by atoms with Gasteiger partial charge < -0.3 is 15.1 Å². The van der Waals surface area contributed by atoms with Gasteiger partial charge in [0, 0.05) is 65.5 Å². The fourth-order valence-electron chi connectivity index (χ4n) is 2.96. The Morgan fingerprint density at radius 3 is 2.71 bits per heavy atom. The number of aromatic nitrogens is 5. The summed E-state index contributed by atoms with van der Waals surface area (Å²) in [6, 6.07) is 2.48. The van der Waals surface area contributed by atoms with E-state index in [0.717, 1.165) is 56.2 Å². The zero-order valence-corrected chi connectivity index (χ0v) is 14.7. The molecule has 3 heterocycles. The second-order valence-electron chi connectivity index (χ2n) is 6.55. The fourth-order valence-corrected chi connectivity index (χ4v) is 2.96. The van der Waals surface area contributed by atoms with Gasteiger partial charge in [-0.2, -0.15) is 0 Å². The summed E-state index contributed by atoms with van der Waals surface area (Å²) >= 11 is 0. The van der Waals surface area contributed by atoms with E-state index in [9.17, 15) is 0 Å². The summed E-state index contributed by atoms with van der Waals surface area (Å²) < 4.78 is 1.76. The predicted octanol–water partition coefficient (Wildman–Crippen LogP) is 0.790. The minimum atomic E-state index is 0.475. The molecule has 0 bridgehead atoms. The molecular weight excluding hydrogens is 304 g/mol. The third-order valence-electron chi connectivity index (χ3n) is 4.38. The van der Waals surface area contributed by atoms with E-state index in [2.05, 4.69) is 30.5 Å². The third-order valence-corrected chi connectivity index (χ3v) is 4.38. The Labute approximate surface area is 142 Å². The van der Waals surface area contributed by atoms with Crippen molar-refractivity contribution in [2.75, 3.05) is 43.9 Å². The van der Waals surface area contributed by atoms with Crippen LogP contribution in [0.1, 0.15) is 18.5 Å². The van der Waals surface area contributed by atoms with Crippen molar-refractivity contribution in [1.29, 1.82) is 0 Å². The van der Waals surface area contributed by atoms with Crippen molar-refractivity contribution in [3.63, 3.8) is 0 Å². The summed E-state index contributed by atoms with van der Waals surface area (Å²) in [7, 11) is 5.88. The highest BCUT2D eigenvalue weighted by atomic mass is 15.4. The van der Waals surface area contributed by atoms with Crippen molar-refractivity contribution in [1.82, 2.24) is 29.9 Å². The number of piperidine rings is 1. The van der Waals surface area contributed by atoms with Crippen LogP contribution in [0.3, 0.4) is 0 Å². The maximum absolute atomic E-state index is 4.33. The van der Waals surface area contributed by atoms with Crippen LogP contribution in [0, 0.1) is 0 Å². The maximum atomic E-state index is 4.33. The molecule has 0 atom stereocenters. The van der Waals surface area contributed by atoms with Crippen LogP contribution in [0.2, 0.25) is 0 Å². The Morgan fingerprint density at radius 2 is 2.04 bits per heavy atom. The molecule has 130 valence electrons. The summed E-state index contributed by atoms with van der Waals surface area (Å²) in [5, 5.41) is 11.7. The molecule has 3 rings (SSSR count). The standard InChI is InChI=1S/C16H26N8/c1-22(2)16-10-15(17-12-18-16)19-13-4-7-24(8-5-13)9-6-14-11-23(3)21-20-14/h10-13H,4-9H2,1-3H3,(H,17,18,19). The van der Waals surface area contributed by atoms with E-state index in [1.165, 1.54) is 0 Å². The van der Waals surface area contributed by atoms with Gasteiger partial charge >= 0.3 is 0 Å². The quantitative estimate of drug-likeness (QED) is 0.839. The van der Waals surface area contributed by atoms with Gasteiger partial charge in [0.25, 0.3) is 0 Å². The van der Waals surface area contributed by atoms with Crippen molar-refractivity contribution in [2.24, 2.45) is 7.05 Å². The van der Waals surface area contributed by atoms with E-state index in [1.54, 1.807) is 11.0 Å². The van der Waals surface area contributed by atoms with Crippen molar-refractivity contribution in [3.05, 3.63) is 24.3 Å². The summed E-state index contributed by atoms with van der Waals surface area (Å²) in [6.45, 7) is 3.25. The van der Waals surface area contributed by atoms with E-state index in [1.807, 2.05) is 38.3 Å². The molecule has 0 spiro atoms. The number of anilines is 2. The van der Waals surface area contributed by atoms with Crippen molar-refractivity contribution in [2.45, 2.75) is 25.3 Å². The average Bonchev–Trinajstić information content (AvgIpc) is 3.00. The molecule has 1 N–H and O–H groups in total. The van der Waals surface area contributed by atoms with Crippen LogP contribution in [0.5, 0.6) is 0 Å². The summed E-state index contributed by atoms with van der Waals surface area (Å²) in [4.78, 5) is 13.1. The van der Waals surface area contributed by atoms with Gasteiger partial charge in [-0.05, 0) is 12.8 Å². The molecule has 0 saturated carbocycles. The zero-order chi connectivity index (χ0) is 16.9. The Hall–Kier alpha value is -2.22. The molecule has 0 amide bonds. The number of rotatable bonds is 6. The summed E-state index contributed by atoms with van der Waals surface area (Å²) in [5.74, 6) is 1.83. The van der Waals surface area contributed by atoms with Crippen LogP contribution in [0.25, 0.3) is 0 Å². The van der Waals surface area contributed by atoms with Gasteiger partial charge in [0.15, 0.2) is 0 Å². The van der Waals surface area contributed by atoms with Gasteiger partial charge in [0.2, 0.25) is 0 Å². The first kappa shape index (κ1) is 16.6. The fraction of sp³-hybridized carbons (Fsp3) is 0.625. The van der Waals surface area contributed by atoms with Crippen LogP contribution in [-0.2, 0) is 13.5 Å². The van der Waals surface area contributed by atoms with Crippen LogP contribution in [0.4, 0.5) is 11.6 Å². The van der Waals surface area contributed by atoms with Gasteiger partial charge in [-0.1, -0.05) is 5.21 Å². The molecule has 0 radical (unpaired) electrons. The molecule has 2 aromatic heterocycles. The van der Waals surface area contributed by atoms with E-state index in [4.69, 9.17) is 0 Å². The van der Waals surface area contributed by atoms with Gasteiger partial charge in [0.05, 0.1) is 5.69 Å². The number of hydrogen-bond acceptors (Lipinski definition) is 7. The SMILES string of the molecule is CN(C)c1cc(NC2CCN(CCc3cn(C)nn3)CC2)ncn1. The second kappa shape index (κ2) is 7.57. The molecular formula is C16H26N8. The maximum Gasteiger partial charge on any atom is 0.133 e. The Bertz CT molecular complexity index is 645. The average molecular weight is 330 g/mol. The Kier molecular flexibility index (Phi) is 5.24. The number of aryl methyl sites for hydroxylation is 1. The highest BCUT2D eigenvalue weighted by Gasteiger charge is 2.19. The first-order chi connectivity index (χ1) is 11.6. The summed E-state index contributed by atoms with van der Waals surface area (Å²) in [5.41, 5.74) is 1.06. The largest absolute Gasteiger partial charge is 0.367 e. The first-order valence-corrected chi connectivity index (χ1v) is 8.43. The van der Waals surface area contributed by atoms with E-state index in [0.29, 0.717) is 6.04 Å². The number of nitrogens with one attached hydrogen (secondary N) is 1. The molecule has 0 unspecified atom stereocenters. The lowest BCUT2D eigenvalue weighted by Crippen LogP contribution is -2.40. The molecule has 24 heavy (non-hydrogen) atoms. The molecule has 8 nitrogen and oxygen atoms in total. The van der Waals surface area contributed by atoms with Crippen molar-refractivity contribution < 1.29 is 0 Å². The van der Waals surface area contributed by atoms with Crippen molar-refractivity contribution >= 4 is 11.6 Å². The minimum absolute atomic E-state index is 0.475. The monoisotopic (exact) mass is 330 g/mol. The number of nitrogens with zero attached hydrogens (tertiary/aromatic N) is 7. The lowest BCUT2D eigenvalue weighted by Gasteiger charge is -2.32. The van der Waals surface area contributed by atoms with Gasteiger partial charge in [-0.15, -0.1) is 5.10 Å². The number of hydrogen-bond donors (Lipinski definition) is 1. The van der Waals surface area contributed by atoms with E-state index < -0.39 is 0 Å². The smallest absolute Gasteiger partial charge is 0.133 e. The van der Waals surface area contributed by atoms with Gasteiger partial charge in [0.1, 0.15) is 18.0 Å². The van der Waals surface area contributed by atoms with Crippen LogP contribution in [-0.4, -0.2) is 69.6 Å². The van der Waals surface area contributed by atoms with E-state index in [-0.39, 0.29) is 0 Å². The van der Waals surface area contributed by atoms with Gasteiger partial charge in [-0.3, -0.25) is 4.68 Å². The molecule has 0 aliphatic carbocycles. The highest BCUT2D eigenvalue weighted by molar-refractivity contribution is 5.47. The minimum Gasteiger partial charge on any atom is -0.367 e. The Morgan fingerprint density at radius 1 is 1.25 bits per heavy atom. The third kappa shape index (κ3) is 4.41. The molecule has 8 heteroatoms. The molecule has 1 aliphatic rings. The van der Waals surface area contributed by atoms with Crippen LogP contribution < -0.4 is 10.2 Å². The van der Waals surface area contributed by atoms with Crippen LogP contribution in [0.15, 0.2) is 18.6 Å². The second-order valence-corrected chi connectivity index (χ2v) is 6.55. The first-order valence-electron chi connectivity index (χ1n) is 8.43. The molecule has 0 aromatic carbocycles. The normalized spacial score (nSPS) is 16.3. The topological polar surface area (TPSA) is 75.0 Å². The molecule has 1 fully saturated rings. The summed E-state index contributed by atoms with van der Waals surface area (Å²) in [6.07, 6.45) is 6.83. The lowest BCUT2D eigenvalue weighted by atomic mass is 10.0. The Balaban J connectivity index is 1.44. The van der Waals surface area contributed by atoms with Crippen LogP contribution >= 0.6 is 0 Å². The van der Waals surface area contributed by atoms with Gasteiger partial charge in [-0.25, -0.2) is 9.97 Å². The van der Waals surface area contributed by atoms with E-state index >= 15 is 0 Å². The highest BCUT2D eigenvalue weighted by Crippen LogP contribution is 2.17. The molecule has 1 saturated heterocycles. The molecule has 2 aromatic rings. The number of likely N-dealkylation sites (tertiary alicyclic amines) is 1. The lowest BCUT2D eigenvalue weighted by molar-refractivity contribution is 0.221. The zero-order valence-electron chi connectivity index (χ0n) is 14.7. The van der Waals surface area contributed by atoms with Crippen molar-refractivity contribution in [3.8, 4) is 0 Å². The predicted molar refractivity (Wildman–Crippen MR) is 94.2 cm³/mol. The molecule has 1 aliphatic heterocycles.